The molecular formula is C20H26N4O3. The molecule has 1 aromatic carbocycles. The smallest absolute Gasteiger partial charge is 0.242 e. The van der Waals surface area contributed by atoms with Gasteiger partial charge in [0.05, 0.1) is 24.4 Å². The van der Waals surface area contributed by atoms with Crippen LogP contribution in [0.15, 0.2) is 18.2 Å². The summed E-state index contributed by atoms with van der Waals surface area (Å²) in [5, 5.41) is 4.02. The second kappa shape index (κ2) is 7.68. The first-order valence-corrected chi connectivity index (χ1v) is 9.64. The summed E-state index contributed by atoms with van der Waals surface area (Å²) in [5.41, 5.74) is 1.75. The Labute approximate surface area is 159 Å². The van der Waals surface area contributed by atoms with E-state index in [1.807, 2.05) is 30.0 Å². The van der Waals surface area contributed by atoms with Crippen LogP contribution in [0.4, 0.5) is 5.95 Å². The van der Waals surface area contributed by atoms with Gasteiger partial charge in [-0.2, -0.15) is 0 Å². The van der Waals surface area contributed by atoms with Crippen molar-refractivity contribution in [2.24, 2.45) is 0 Å². The normalized spacial score (nSPS) is 22.4. The zero-order valence-corrected chi connectivity index (χ0v) is 15.9. The summed E-state index contributed by atoms with van der Waals surface area (Å²) in [4.78, 5) is 24.2. The van der Waals surface area contributed by atoms with Gasteiger partial charge >= 0.3 is 0 Å². The predicted molar refractivity (Wildman–Crippen MR) is 103 cm³/mol. The highest BCUT2D eigenvalue weighted by molar-refractivity contribution is 5.87. The number of carbonyl (C=O) groups is 1. The lowest BCUT2D eigenvalue weighted by atomic mass is 10.2. The van der Waals surface area contributed by atoms with Gasteiger partial charge in [-0.05, 0) is 50.8 Å². The molecule has 2 atom stereocenters. The number of nitrogens with zero attached hydrogens (tertiary/aromatic N) is 3. The Kier molecular flexibility index (Phi) is 5.11. The maximum atomic E-state index is 12.7. The fraction of sp³-hybridized carbons (Fsp3) is 0.550. The van der Waals surface area contributed by atoms with Crippen molar-refractivity contribution in [3.8, 4) is 5.75 Å². The largest absolute Gasteiger partial charge is 0.497 e. The molecule has 1 amide bonds. The second-order valence-electron chi connectivity index (χ2n) is 7.22. The van der Waals surface area contributed by atoms with E-state index >= 15 is 0 Å². The summed E-state index contributed by atoms with van der Waals surface area (Å²) in [5.74, 6) is 1.45. The van der Waals surface area contributed by atoms with Crippen LogP contribution in [0.25, 0.3) is 10.9 Å². The van der Waals surface area contributed by atoms with Gasteiger partial charge in [-0.15, -0.1) is 0 Å². The lowest BCUT2D eigenvalue weighted by Crippen LogP contribution is -2.46. The molecule has 3 heterocycles. The van der Waals surface area contributed by atoms with E-state index < -0.39 is 0 Å². The Morgan fingerprint density at radius 3 is 3.00 bits per heavy atom. The standard InChI is InChI=1S/C20H26N4O3/c1-13-16-11-14(26-2)7-8-17(16)23-20(22-13)24-9-3-6-18(24)19(25)21-12-15-5-4-10-27-15/h7-8,11,15,18H,3-6,9-10,12H2,1-2H3,(H,21,25)/t15-,18-/m0/s1. The highest BCUT2D eigenvalue weighted by atomic mass is 16.5. The zero-order chi connectivity index (χ0) is 18.8. The van der Waals surface area contributed by atoms with Gasteiger partial charge in [-0.1, -0.05) is 0 Å². The fourth-order valence-corrected chi connectivity index (χ4v) is 3.92. The van der Waals surface area contributed by atoms with E-state index in [2.05, 4.69) is 10.3 Å². The first-order chi connectivity index (χ1) is 13.2. The molecule has 2 aliphatic heterocycles. The van der Waals surface area contributed by atoms with Crippen molar-refractivity contribution in [3.05, 3.63) is 23.9 Å². The highest BCUT2D eigenvalue weighted by Crippen LogP contribution is 2.27. The SMILES string of the molecule is COc1ccc2nc(N3CCC[C@H]3C(=O)NC[C@@H]3CCCO3)nc(C)c2c1. The lowest BCUT2D eigenvalue weighted by molar-refractivity contribution is -0.122. The van der Waals surface area contributed by atoms with E-state index in [1.165, 1.54) is 0 Å². The molecule has 2 aromatic rings. The minimum absolute atomic E-state index is 0.0408. The minimum Gasteiger partial charge on any atom is -0.497 e. The Bertz CT molecular complexity index is 835. The van der Waals surface area contributed by atoms with Crippen molar-refractivity contribution >= 4 is 22.8 Å². The van der Waals surface area contributed by atoms with E-state index in [0.29, 0.717) is 12.5 Å². The third-order valence-corrected chi connectivity index (χ3v) is 5.42. The zero-order valence-electron chi connectivity index (χ0n) is 15.9. The molecule has 2 fully saturated rings. The predicted octanol–water partition coefficient (Wildman–Crippen LogP) is 2.21. The van der Waals surface area contributed by atoms with Gasteiger partial charge in [0.25, 0.3) is 0 Å². The lowest BCUT2D eigenvalue weighted by Gasteiger charge is -2.25. The molecule has 1 N–H and O–H groups in total. The maximum absolute atomic E-state index is 12.7. The molecule has 0 radical (unpaired) electrons. The Balaban J connectivity index is 1.53. The van der Waals surface area contributed by atoms with Crippen LogP contribution in [0, 0.1) is 6.92 Å². The number of fused-ring (bicyclic) bond motifs is 1. The summed E-state index contributed by atoms with van der Waals surface area (Å²) in [7, 11) is 1.65. The third kappa shape index (κ3) is 3.69. The van der Waals surface area contributed by atoms with E-state index in [-0.39, 0.29) is 18.1 Å². The van der Waals surface area contributed by atoms with Gasteiger partial charge in [-0.3, -0.25) is 4.79 Å². The minimum atomic E-state index is -0.221. The van der Waals surface area contributed by atoms with E-state index in [1.54, 1.807) is 7.11 Å². The van der Waals surface area contributed by atoms with Crippen LogP contribution in [0.1, 0.15) is 31.4 Å². The number of hydrogen-bond acceptors (Lipinski definition) is 6. The molecule has 2 saturated heterocycles. The van der Waals surface area contributed by atoms with Crippen molar-refractivity contribution in [2.45, 2.75) is 44.8 Å². The number of carbonyl (C=O) groups excluding carboxylic acids is 1. The number of ether oxygens (including phenoxy) is 2. The quantitative estimate of drug-likeness (QED) is 0.870. The fourth-order valence-electron chi connectivity index (χ4n) is 3.92. The monoisotopic (exact) mass is 370 g/mol. The van der Waals surface area contributed by atoms with Crippen LogP contribution in [0.2, 0.25) is 0 Å². The van der Waals surface area contributed by atoms with Crippen molar-refractivity contribution in [1.29, 1.82) is 0 Å². The number of methoxy groups -OCH3 is 1. The number of aromatic nitrogens is 2. The number of rotatable bonds is 5. The Hall–Kier alpha value is -2.41. The summed E-state index contributed by atoms with van der Waals surface area (Å²) in [6, 6.07) is 5.56. The average Bonchev–Trinajstić information content (AvgIpc) is 3.37. The van der Waals surface area contributed by atoms with Crippen LogP contribution in [0.3, 0.4) is 0 Å². The molecule has 27 heavy (non-hydrogen) atoms. The molecule has 0 aliphatic carbocycles. The van der Waals surface area contributed by atoms with Crippen molar-refractivity contribution < 1.29 is 14.3 Å². The van der Waals surface area contributed by atoms with E-state index in [0.717, 1.165) is 61.2 Å². The first-order valence-electron chi connectivity index (χ1n) is 9.64. The van der Waals surface area contributed by atoms with Gasteiger partial charge in [0.15, 0.2) is 0 Å². The molecule has 1 aromatic heterocycles. The molecular weight excluding hydrogens is 344 g/mol. The summed E-state index contributed by atoms with van der Waals surface area (Å²) < 4.78 is 10.9. The molecule has 144 valence electrons. The molecule has 2 aliphatic rings. The van der Waals surface area contributed by atoms with Crippen LogP contribution in [-0.2, 0) is 9.53 Å². The van der Waals surface area contributed by atoms with Gasteiger partial charge in [0, 0.05) is 25.1 Å². The average molecular weight is 370 g/mol. The number of nitrogens with one attached hydrogen (secondary N) is 1. The van der Waals surface area contributed by atoms with Crippen molar-refractivity contribution in [3.63, 3.8) is 0 Å². The number of benzene rings is 1. The van der Waals surface area contributed by atoms with Gasteiger partial charge < -0.3 is 19.7 Å². The van der Waals surface area contributed by atoms with Gasteiger partial charge in [0.2, 0.25) is 11.9 Å². The number of aryl methyl sites for hydroxylation is 1. The number of anilines is 1. The van der Waals surface area contributed by atoms with Crippen molar-refractivity contribution in [2.75, 3.05) is 31.7 Å². The molecule has 0 saturated carbocycles. The van der Waals surface area contributed by atoms with E-state index in [9.17, 15) is 4.79 Å². The van der Waals surface area contributed by atoms with Gasteiger partial charge in [0.1, 0.15) is 11.8 Å². The Morgan fingerprint density at radius 1 is 1.33 bits per heavy atom. The first kappa shape index (κ1) is 18.0. The van der Waals surface area contributed by atoms with Crippen LogP contribution in [0.5, 0.6) is 5.75 Å². The number of amides is 1. The summed E-state index contributed by atoms with van der Waals surface area (Å²) in [6.07, 6.45) is 4.02. The topological polar surface area (TPSA) is 76.6 Å². The summed E-state index contributed by atoms with van der Waals surface area (Å²) in [6.45, 7) is 4.14. The molecule has 7 heteroatoms. The third-order valence-electron chi connectivity index (χ3n) is 5.42. The van der Waals surface area contributed by atoms with E-state index in [4.69, 9.17) is 14.5 Å². The molecule has 0 unspecified atom stereocenters. The summed E-state index contributed by atoms with van der Waals surface area (Å²) >= 11 is 0. The van der Waals surface area contributed by atoms with Crippen LogP contribution in [-0.4, -0.2) is 54.8 Å². The highest BCUT2D eigenvalue weighted by Gasteiger charge is 2.33. The molecule has 0 bridgehead atoms. The Morgan fingerprint density at radius 2 is 2.22 bits per heavy atom. The maximum Gasteiger partial charge on any atom is 0.242 e. The van der Waals surface area contributed by atoms with Crippen LogP contribution < -0.4 is 15.0 Å². The van der Waals surface area contributed by atoms with Gasteiger partial charge in [-0.25, -0.2) is 9.97 Å². The number of hydrogen-bond donors (Lipinski definition) is 1. The van der Waals surface area contributed by atoms with Crippen LogP contribution >= 0.6 is 0 Å². The molecule has 7 nitrogen and oxygen atoms in total. The molecule has 4 rings (SSSR count). The second-order valence-corrected chi connectivity index (χ2v) is 7.22. The van der Waals surface area contributed by atoms with Crippen molar-refractivity contribution in [1.82, 2.24) is 15.3 Å². The molecule has 0 spiro atoms.